The summed E-state index contributed by atoms with van der Waals surface area (Å²) in [6.45, 7) is 6.60. The molecule has 0 aromatic carbocycles. The lowest BCUT2D eigenvalue weighted by Gasteiger charge is -2.34. The van der Waals surface area contributed by atoms with Gasteiger partial charge in [0, 0.05) is 6.54 Å². The number of morpholine rings is 1. The zero-order valence-electron chi connectivity index (χ0n) is 13.0. The number of amides is 1. The van der Waals surface area contributed by atoms with Crippen LogP contribution in [0.1, 0.15) is 20.8 Å². The molecular formula is C14H23N3O4. The second-order valence-corrected chi connectivity index (χ2v) is 5.60. The molecule has 1 rings (SSSR count). The highest BCUT2D eigenvalue weighted by Gasteiger charge is 2.34. The van der Waals surface area contributed by atoms with Gasteiger partial charge in [0.05, 0.1) is 32.9 Å². The summed E-state index contributed by atoms with van der Waals surface area (Å²) in [6, 6.07) is 1.54. The second kappa shape index (κ2) is 7.38. The van der Waals surface area contributed by atoms with Crippen molar-refractivity contribution < 1.29 is 19.1 Å². The van der Waals surface area contributed by atoms with Crippen LogP contribution in [0.3, 0.4) is 0 Å². The van der Waals surface area contributed by atoms with Crippen molar-refractivity contribution in [2.45, 2.75) is 32.4 Å². The molecule has 0 aromatic rings. The predicted molar refractivity (Wildman–Crippen MR) is 75.2 cm³/mol. The van der Waals surface area contributed by atoms with Crippen molar-refractivity contribution in [3.8, 4) is 6.07 Å². The Hall–Kier alpha value is -1.65. The first-order valence-electron chi connectivity index (χ1n) is 6.96. The third kappa shape index (κ3) is 4.41. The molecule has 21 heavy (non-hydrogen) atoms. The highest BCUT2D eigenvalue weighted by atomic mass is 16.5. The van der Waals surface area contributed by atoms with Crippen LogP contribution in [0.5, 0.6) is 0 Å². The Labute approximate surface area is 125 Å². The monoisotopic (exact) mass is 297 g/mol. The number of carbonyl (C=O) groups is 2. The van der Waals surface area contributed by atoms with E-state index in [2.05, 4.69) is 11.4 Å². The standard InChI is InChI=1S/C14H23N3O4/c1-10(2)14(3,9-15)16-12(18)7-17-5-6-21-8-11(17)13(19)20-4/h10-11H,5-8H2,1-4H3,(H,16,18). The fraction of sp³-hybridized carbons (Fsp3) is 0.786. The van der Waals surface area contributed by atoms with Crippen molar-refractivity contribution in [2.75, 3.05) is 33.4 Å². The Balaban J connectivity index is 2.68. The summed E-state index contributed by atoms with van der Waals surface area (Å²) in [5, 5.41) is 11.9. The van der Waals surface area contributed by atoms with Crippen LogP contribution >= 0.6 is 0 Å². The summed E-state index contributed by atoms with van der Waals surface area (Å²) in [6.07, 6.45) is 0. The van der Waals surface area contributed by atoms with Gasteiger partial charge in [0.25, 0.3) is 0 Å². The van der Waals surface area contributed by atoms with Crippen molar-refractivity contribution in [2.24, 2.45) is 5.92 Å². The van der Waals surface area contributed by atoms with E-state index in [4.69, 9.17) is 9.47 Å². The van der Waals surface area contributed by atoms with Crippen LogP contribution in [0.15, 0.2) is 0 Å². The molecule has 0 bridgehead atoms. The Kier molecular flexibility index (Phi) is 6.12. The number of ether oxygens (including phenoxy) is 2. The third-order valence-electron chi connectivity index (χ3n) is 3.85. The number of methoxy groups -OCH3 is 1. The fourth-order valence-corrected chi connectivity index (χ4v) is 2.00. The largest absolute Gasteiger partial charge is 0.468 e. The van der Waals surface area contributed by atoms with Gasteiger partial charge in [-0.2, -0.15) is 5.26 Å². The summed E-state index contributed by atoms with van der Waals surface area (Å²) in [5.74, 6) is -0.731. The van der Waals surface area contributed by atoms with E-state index < -0.39 is 17.6 Å². The first-order chi connectivity index (χ1) is 9.84. The number of carbonyl (C=O) groups excluding carboxylic acids is 2. The molecule has 0 spiro atoms. The van der Waals surface area contributed by atoms with Crippen LogP contribution in [-0.4, -0.2) is 61.8 Å². The zero-order valence-corrected chi connectivity index (χ0v) is 13.0. The predicted octanol–water partition coefficient (Wildman–Crippen LogP) is -0.0853. The molecule has 1 aliphatic rings. The van der Waals surface area contributed by atoms with Gasteiger partial charge in [-0.25, -0.2) is 0 Å². The molecule has 7 nitrogen and oxygen atoms in total. The van der Waals surface area contributed by atoms with Crippen LogP contribution in [0, 0.1) is 17.2 Å². The number of nitrogens with zero attached hydrogens (tertiary/aromatic N) is 2. The summed E-state index contributed by atoms with van der Waals surface area (Å²) in [5.41, 5.74) is -0.926. The molecule has 7 heteroatoms. The van der Waals surface area contributed by atoms with Crippen molar-refractivity contribution in [3.05, 3.63) is 0 Å². The Morgan fingerprint density at radius 2 is 2.24 bits per heavy atom. The number of hydrogen-bond donors (Lipinski definition) is 1. The number of esters is 1. The maximum absolute atomic E-state index is 12.1. The van der Waals surface area contributed by atoms with E-state index in [1.807, 2.05) is 13.8 Å². The third-order valence-corrected chi connectivity index (χ3v) is 3.85. The van der Waals surface area contributed by atoms with Crippen LogP contribution < -0.4 is 5.32 Å². The van der Waals surface area contributed by atoms with E-state index in [1.165, 1.54) is 7.11 Å². The van der Waals surface area contributed by atoms with Crippen LogP contribution in [0.2, 0.25) is 0 Å². The molecule has 2 atom stereocenters. The van der Waals surface area contributed by atoms with Gasteiger partial charge in [0.2, 0.25) is 5.91 Å². The fourth-order valence-electron chi connectivity index (χ4n) is 2.00. The molecule has 118 valence electrons. The smallest absolute Gasteiger partial charge is 0.325 e. The summed E-state index contributed by atoms with van der Waals surface area (Å²) in [4.78, 5) is 25.5. The molecular weight excluding hydrogens is 274 g/mol. The lowest BCUT2D eigenvalue weighted by Crippen LogP contribution is -2.56. The van der Waals surface area contributed by atoms with E-state index in [0.717, 1.165) is 0 Å². The normalized spacial score (nSPS) is 22.2. The summed E-state index contributed by atoms with van der Waals surface area (Å²) < 4.78 is 9.97. The molecule has 0 radical (unpaired) electrons. The molecule has 1 amide bonds. The summed E-state index contributed by atoms with van der Waals surface area (Å²) in [7, 11) is 1.31. The van der Waals surface area contributed by atoms with Crippen LogP contribution in [0.25, 0.3) is 0 Å². The lowest BCUT2D eigenvalue weighted by molar-refractivity contribution is -0.154. The average Bonchev–Trinajstić information content (AvgIpc) is 2.46. The van der Waals surface area contributed by atoms with E-state index >= 15 is 0 Å². The molecule has 1 fully saturated rings. The van der Waals surface area contributed by atoms with Crippen LogP contribution in [-0.2, 0) is 19.1 Å². The molecule has 1 heterocycles. The molecule has 2 unspecified atom stereocenters. The maximum atomic E-state index is 12.1. The van der Waals surface area contributed by atoms with Crippen molar-refractivity contribution in [3.63, 3.8) is 0 Å². The van der Waals surface area contributed by atoms with E-state index in [1.54, 1.807) is 11.8 Å². The van der Waals surface area contributed by atoms with Gasteiger partial charge in [0.1, 0.15) is 11.6 Å². The van der Waals surface area contributed by atoms with Crippen molar-refractivity contribution in [1.29, 1.82) is 5.26 Å². The SMILES string of the molecule is COC(=O)C1COCCN1CC(=O)NC(C)(C#N)C(C)C. The quantitative estimate of drug-likeness (QED) is 0.713. The minimum Gasteiger partial charge on any atom is -0.468 e. The van der Waals surface area contributed by atoms with E-state index in [9.17, 15) is 14.9 Å². The molecule has 0 aliphatic carbocycles. The highest BCUT2D eigenvalue weighted by molar-refractivity contribution is 5.81. The van der Waals surface area contributed by atoms with Gasteiger partial charge in [-0.1, -0.05) is 13.8 Å². The van der Waals surface area contributed by atoms with Gasteiger partial charge in [-0.3, -0.25) is 14.5 Å². The Morgan fingerprint density at radius 1 is 1.57 bits per heavy atom. The van der Waals surface area contributed by atoms with E-state index in [0.29, 0.717) is 13.2 Å². The van der Waals surface area contributed by atoms with Gasteiger partial charge in [-0.15, -0.1) is 0 Å². The molecule has 1 N–H and O–H groups in total. The van der Waals surface area contributed by atoms with E-state index in [-0.39, 0.29) is 25.0 Å². The van der Waals surface area contributed by atoms with Gasteiger partial charge in [-0.05, 0) is 12.8 Å². The molecule has 1 aliphatic heterocycles. The average molecular weight is 297 g/mol. The minimum absolute atomic E-state index is 0.0208. The summed E-state index contributed by atoms with van der Waals surface area (Å²) >= 11 is 0. The number of nitrogens with one attached hydrogen (secondary N) is 1. The number of rotatable bonds is 5. The maximum Gasteiger partial charge on any atom is 0.325 e. The second-order valence-electron chi connectivity index (χ2n) is 5.60. The topological polar surface area (TPSA) is 91.7 Å². The first kappa shape index (κ1) is 17.4. The molecule has 1 saturated heterocycles. The molecule has 0 aromatic heterocycles. The lowest BCUT2D eigenvalue weighted by atomic mass is 9.90. The molecule has 0 saturated carbocycles. The Morgan fingerprint density at radius 3 is 2.76 bits per heavy atom. The van der Waals surface area contributed by atoms with Crippen molar-refractivity contribution >= 4 is 11.9 Å². The van der Waals surface area contributed by atoms with Crippen LogP contribution in [0.4, 0.5) is 0 Å². The van der Waals surface area contributed by atoms with Crippen molar-refractivity contribution in [1.82, 2.24) is 10.2 Å². The van der Waals surface area contributed by atoms with Gasteiger partial charge < -0.3 is 14.8 Å². The number of nitriles is 1. The highest BCUT2D eigenvalue weighted by Crippen LogP contribution is 2.15. The zero-order chi connectivity index (χ0) is 16.0. The van der Waals surface area contributed by atoms with Gasteiger partial charge in [0.15, 0.2) is 0 Å². The number of hydrogen-bond acceptors (Lipinski definition) is 6. The first-order valence-corrected chi connectivity index (χ1v) is 6.96. The Bertz CT molecular complexity index is 432. The van der Waals surface area contributed by atoms with Gasteiger partial charge >= 0.3 is 5.97 Å². The minimum atomic E-state index is -0.926.